The summed E-state index contributed by atoms with van der Waals surface area (Å²) in [5, 5.41) is 9.45. The standard InChI is InChI=1S/C18H18O2/c1-12-5-3-7-14(9-12)18(11-16(18)17(19)20)15-8-4-6-13(2)10-15/h3-10,16H,11H2,1-2H3,(H,19,20)/t16-/m0/s1. The quantitative estimate of drug-likeness (QED) is 0.919. The molecule has 102 valence electrons. The molecule has 0 spiro atoms. The molecule has 0 bridgehead atoms. The van der Waals surface area contributed by atoms with Gasteiger partial charge in [0, 0.05) is 5.41 Å². The predicted molar refractivity (Wildman–Crippen MR) is 78.9 cm³/mol. The van der Waals surface area contributed by atoms with Crippen LogP contribution < -0.4 is 0 Å². The number of aryl methyl sites for hydroxylation is 2. The van der Waals surface area contributed by atoms with Gasteiger partial charge in [-0.05, 0) is 31.4 Å². The van der Waals surface area contributed by atoms with E-state index in [1.54, 1.807) is 0 Å². The van der Waals surface area contributed by atoms with Gasteiger partial charge in [0.25, 0.3) is 0 Å². The van der Waals surface area contributed by atoms with Gasteiger partial charge >= 0.3 is 5.97 Å². The minimum absolute atomic E-state index is 0.314. The fourth-order valence-electron chi connectivity index (χ4n) is 3.21. The van der Waals surface area contributed by atoms with E-state index in [2.05, 4.69) is 24.3 Å². The van der Waals surface area contributed by atoms with Crippen molar-refractivity contribution in [1.82, 2.24) is 0 Å². The number of carboxylic acid groups (broad SMARTS) is 1. The number of carbonyl (C=O) groups is 1. The summed E-state index contributed by atoms with van der Waals surface area (Å²) in [4.78, 5) is 11.5. The molecule has 3 rings (SSSR count). The smallest absolute Gasteiger partial charge is 0.307 e. The Kier molecular flexibility index (Phi) is 2.89. The summed E-state index contributed by atoms with van der Waals surface area (Å²) < 4.78 is 0. The van der Waals surface area contributed by atoms with Gasteiger partial charge < -0.3 is 5.11 Å². The Bertz CT molecular complexity index is 627. The third kappa shape index (κ3) is 1.92. The van der Waals surface area contributed by atoms with Crippen LogP contribution in [0.1, 0.15) is 28.7 Å². The monoisotopic (exact) mass is 266 g/mol. The van der Waals surface area contributed by atoms with Crippen molar-refractivity contribution < 1.29 is 9.90 Å². The maximum absolute atomic E-state index is 11.5. The van der Waals surface area contributed by atoms with Crippen LogP contribution in [0.25, 0.3) is 0 Å². The SMILES string of the molecule is Cc1cccc(C2(c3cccc(C)c3)C[C@H]2C(=O)O)c1. The van der Waals surface area contributed by atoms with Gasteiger partial charge in [-0.25, -0.2) is 0 Å². The van der Waals surface area contributed by atoms with Crippen LogP contribution in [0.5, 0.6) is 0 Å². The van der Waals surface area contributed by atoms with Gasteiger partial charge in [-0.2, -0.15) is 0 Å². The van der Waals surface area contributed by atoms with E-state index in [-0.39, 0.29) is 11.3 Å². The molecule has 2 aromatic rings. The zero-order chi connectivity index (χ0) is 14.3. The molecular formula is C18H18O2. The summed E-state index contributed by atoms with van der Waals surface area (Å²) in [7, 11) is 0. The third-order valence-electron chi connectivity index (χ3n) is 4.33. The van der Waals surface area contributed by atoms with Gasteiger partial charge in [-0.1, -0.05) is 59.7 Å². The molecule has 1 aliphatic rings. The van der Waals surface area contributed by atoms with Gasteiger partial charge in [0.2, 0.25) is 0 Å². The maximum Gasteiger partial charge on any atom is 0.307 e. The molecule has 2 heteroatoms. The Balaban J connectivity index is 2.14. The first-order chi connectivity index (χ1) is 9.54. The lowest BCUT2D eigenvalue weighted by Gasteiger charge is -2.19. The molecule has 1 N–H and O–H groups in total. The minimum Gasteiger partial charge on any atom is -0.481 e. The molecule has 0 heterocycles. The lowest BCUT2D eigenvalue weighted by atomic mass is 9.84. The van der Waals surface area contributed by atoms with Gasteiger partial charge in [0.1, 0.15) is 0 Å². The molecule has 1 aliphatic carbocycles. The second-order valence-corrected chi connectivity index (χ2v) is 5.81. The van der Waals surface area contributed by atoms with Crippen molar-refractivity contribution in [2.75, 3.05) is 0 Å². The number of rotatable bonds is 3. The molecule has 0 unspecified atom stereocenters. The molecule has 1 fully saturated rings. The van der Waals surface area contributed by atoms with E-state index in [1.807, 2.05) is 38.1 Å². The van der Waals surface area contributed by atoms with Crippen molar-refractivity contribution in [3.63, 3.8) is 0 Å². The topological polar surface area (TPSA) is 37.3 Å². The predicted octanol–water partition coefficient (Wildman–Crippen LogP) is 3.69. The average molecular weight is 266 g/mol. The average Bonchev–Trinajstić information content (AvgIpc) is 3.15. The van der Waals surface area contributed by atoms with Gasteiger partial charge in [-0.3, -0.25) is 4.79 Å². The Morgan fingerprint density at radius 2 is 1.55 bits per heavy atom. The lowest BCUT2D eigenvalue weighted by molar-refractivity contribution is -0.138. The van der Waals surface area contributed by atoms with E-state index < -0.39 is 5.97 Å². The van der Waals surface area contributed by atoms with Crippen LogP contribution >= 0.6 is 0 Å². The Labute approximate surface area is 119 Å². The first kappa shape index (κ1) is 12.9. The van der Waals surface area contributed by atoms with Crippen molar-refractivity contribution in [3.8, 4) is 0 Å². The van der Waals surface area contributed by atoms with E-state index in [0.717, 1.165) is 11.1 Å². The summed E-state index contributed by atoms with van der Waals surface area (Å²) in [6.45, 7) is 4.09. The van der Waals surface area contributed by atoms with Crippen molar-refractivity contribution in [3.05, 3.63) is 70.8 Å². The zero-order valence-electron chi connectivity index (χ0n) is 11.8. The summed E-state index contributed by atoms with van der Waals surface area (Å²) >= 11 is 0. The molecule has 2 nitrogen and oxygen atoms in total. The highest BCUT2D eigenvalue weighted by molar-refractivity contribution is 5.79. The molecular weight excluding hydrogens is 248 g/mol. The molecule has 0 radical (unpaired) electrons. The second-order valence-electron chi connectivity index (χ2n) is 5.81. The molecule has 0 saturated heterocycles. The third-order valence-corrected chi connectivity index (χ3v) is 4.33. The first-order valence-electron chi connectivity index (χ1n) is 6.91. The van der Waals surface area contributed by atoms with E-state index >= 15 is 0 Å². The number of carboxylic acids is 1. The van der Waals surface area contributed by atoms with E-state index in [1.165, 1.54) is 11.1 Å². The number of aliphatic carboxylic acids is 1. The number of hydrogen-bond donors (Lipinski definition) is 1. The van der Waals surface area contributed by atoms with Crippen LogP contribution in [0.3, 0.4) is 0 Å². The summed E-state index contributed by atoms with van der Waals surface area (Å²) in [6, 6.07) is 16.5. The van der Waals surface area contributed by atoms with Crippen molar-refractivity contribution in [1.29, 1.82) is 0 Å². The zero-order valence-corrected chi connectivity index (χ0v) is 11.8. The molecule has 0 aliphatic heterocycles. The van der Waals surface area contributed by atoms with Gasteiger partial charge in [0.05, 0.1) is 5.92 Å². The van der Waals surface area contributed by atoms with Crippen molar-refractivity contribution in [2.45, 2.75) is 25.7 Å². The maximum atomic E-state index is 11.5. The highest BCUT2D eigenvalue weighted by Crippen LogP contribution is 2.59. The largest absolute Gasteiger partial charge is 0.481 e. The van der Waals surface area contributed by atoms with E-state index in [0.29, 0.717) is 6.42 Å². The molecule has 2 aromatic carbocycles. The molecule has 0 aromatic heterocycles. The molecule has 1 saturated carbocycles. The summed E-state index contributed by atoms with van der Waals surface area (Å²) in [5.41, 5.74) is 4.24. The van der Waals surface area contributed by atoms with Crippen LogP contribution in [0, 0.1) is 19.8 Å². The Morgan fingerprint density at radius 1 is 1.05 bits per heavy atom. The fourth-order valence-corrected chi connectivity index (χ4v) is 3.21. The van der Waals surface area contributed by atoms with Crippen LogP contribution in [-0.4, -0.2) is 11.1 Å². The van der Waals surface area contributed by atoms with Gasteiger partial charge in [-0.15, -0.1) is 0 Å². The molecule has 0 amide bonds. The molecule has 20 heavy (non-hydrogen) atoms. The number of benzene rings is 2. The highest BCUT2D eigenvalue weighted by Gasteiger charge is 2.60. The normalized spacial score (nSPS) is 19.6. The summed E-state index contributed by atoms with van der Waals surface area (Å²) in [6.07, 6.45) is 0.690. The van der Waals surface area contributed by atoms with E-state index in [9.17, 15) is 9.90 Å². The first-order valence-corrected chi connectivity index (χ1v) is 6.91. The second kappa shape index (κ2) is 4.48. The Hall–Kier alpha value is -2.09. The fraction of sp³-hybridized carbons (Fsp3) is 0.278. The van der Waals surface area contributed by atoms with Crippen LogP contribution in [0.4, 0.5) is 0 Å². The minimum atomic E-state index is -0.701. The van der Waals surface area contributed by atoms with Crippen LogP contribution in [0.15, 0.2) is 48.5 Å². The lowest BCUT2D eigenvalue weighted by Crippen LogP contribution is -2.17. The Morgan fingerprint density at radius 3 is 1.90 bits per heavy atom. The van der Waals surface area contributed by atoms with Crippen LogP contribution in [-0.2, 0) is 10.2 Å². The van der Waals surface area contributed by atoms with Crippen molar-refractivity contribution >= 4 is 5.97 Å². The van der Waals surface area contributed by atoms with Crippen molar-refractivity contribution in [2.24, 2.45) is 5.92 Å². The van der Waals surface area contributed by atoms with E-state index in [4.69, 9.17) is 0 Å². The van der Waals surface area contributed by atoms with Gasteiger partial charge in [0.15, 0.2) is 0 Å². The highest BCUT2D eigenvalue weighted by atomic mass is 16.4. The molecule has 1 atom stereocenters. The summed E-state index contributed by atoms with van der Waals surface area (Å²) in [5.74, 6) is -1.01. The number of hydrogen-bond acceptors (Lipinski definition) is 1. The van der Waals surface area contributed by atoms with Crippen LogP contribution in [0.2, 0.25) is 0 Å².